The zero-order valence-electron chi connectivity index (χ0n) is 8.58. The van der Waals surface area contributed by atoms with Crippen LogP contribution in [0.15, 0.2) is 17.6 Å². The minimum Gasteiger partial charge on any atom is -0.285 e. The zero-order valence-corrected chi connectivity index (χ0v) is 9.40. The van der Waals surface area contributed by atoms with Crippen LogP contribution in [0.3, 0.4) is 0 Å². The largest absolute Gasteiger partial charge is 0.285 e. The Hall–Kier alpha value is -1.37. The second kappa shape index (κ2) is 4.43. The number of H-pyrrole nitrogens is 1. The number of aromatic nitrogens is 6. The second-order valence-corrected chi connectivity index (χ2v) is 4.34. The lowest BCUT2D eigenvalue weighted by Gasteiger charge is -2.05. The molecule has 0 fully saturated rings. The average molecular weight is 224 g/mol. The monoisotopic (exact) mass is 224 g/mol. The van der Waals surface area contributed by atoms with Gasteiger partial charge < -0.3 is 0 Å². The van der Waals surface area contributed by atoms with E-state index in [0.29, 0.717) is 0 Å². The number of nitrogens with one attached hydrogen (secondary N) is 1. The fourth-order valence-corrected chi connectivity index (χ4v) is 2.04. The SMILES string of the molecule is CC(C)n1nnnc1SCc1cn[nH]c1. The molecule has 0 atom stereocenters. The summed E-state index contributed by atoms with van der Waals surface area (Å²) < 4.78 is 1.81. The van der Waals surface area contributed by atoms with Gasteiger partial charge in [0, 0.05) is 17.5 Å². The van der Waals surface area contributed by atoms with Crippen molar-refractivity contribution in [2.24, 2.45) is 0 Å². The van der Waals surface area contributed by atoms with Crippen LogP contribution in [0.25, 0.3) is 0 Å². The summed E-state index contributed by atoms with van der Waals surface area (Å²) in [6, 6.07) is 0.284. The van der Waals surface area contributed by atoms with Crippen LogP contribution in [0.1, 0.15) is 25.5 Å². The summed E-state index contributed by atoms with van der Waals surface area (Å²) in [5.74, 6) is 0.823. The fraction of sp³-hybridized carbons (Fsp3) is 0.500. The van der Waals surface area contributed by atoms with E-state index >= 15 is 0 Å². The van der Waals surface area contributed by atoms with Gasteiger partial charge in [0.15, 0.2) is 0 Å². The van der Waals surface area contributed by atoms with Crippen molar-refractivity contribution in [2.45, 2.75) is 30.8 Å². The van der Waals surface area contributed by atoms with Crippen LogP contribution in [-0.2, 0) is 5.75 Å². The molecule has 0 aliphatic rings. The number of nitrogens with zero attached hydrogens (tertiary/aromatic N) is 5. The zero-order chi connectivity index (χ0) is 10.7. The van der Waals surface area contributed by atoms with Crippen molar-refractivity contribution in [3.8, 4) is 0 Å². The van der Waals surface area contributed by atoms with Gasteiger partial charge in [-0.05, 0) is 24.3 Å². The van der Waals surface area contributed by atoms with E-state index in [2.05, 4.69) is 39.6 Å². The van der Waals surface area contributed by atoms with E-state index in [0.717, 1.165) is 16.5 Å². The smallest absolute Gasteiger partial charge is 0.209 e. The van der Waals surface area contributed by atoms with Crippen LogP contribution in [0, 0.1) is 0 Å². The van der Waals surface area contributed by atoms with Crippen molar-refractivity contribution in [1.82, 2.24) is 30.4 Å². The molecule has 0 spiro atoms. The molecule has 0 radical (unpaired) electrons. The highest BCUT2D eigenvalue weighted by Gasteiger charge is 2.09. The molecule has 0 aliphatic heterocycles. The highest BCUT2D eigenvalue weighted by Crippen LogP contribution is 2.21. The van der Waals surface area contributed by atoms with Crippen molar-refractivity contribution < 1.29 is 0 Å². The van der Waals surface area contributed by atoms with E-state index in [1.807, 2.05) is 10.9 Å². The molecule has 0 aromatic carbocycles. The topological polar surface area (TPSA) is 72.3 Å². The molecule has 6 nitrogen and oxygen atoms in total. The van der Waals surface area contributed by atoms with Crippen LogP contribution in [0.5, 0.6) is 0 Å². The maximum Gasteiger partial charge on any atom is 0.209 e. The van der Waals surface area contributed by atoms with Crippen LogP contribution in [0.2, 0.25) is 0 Å². The third-order valence-electron chi connectivity index (χ3n) is 1.87. The summed E-state index contributed by atoms with van der Waals surface area (Å²) in [7, 11) is 0. The molecule has 7 heteroatoms. The lowest BCUT2D eigenvalue weighted by molar-refractivity contribution is 0.477. The van der Waals surface area contributed by atoms with E-state index in [-0.39, 0.29) is 6.04 Å². The number of aromatic amines is 1. The Morgan fingerprint density at radius 3 is 3.07 bits per heavy atom. The highest BCUT2D eigenvalue weighted by molar-refractivity contribution is 7.98. The van der Waals surface area contributed by atoms with Crippen LogP contribution in [-0.4, -0.2) is 30.4 Å². The molecule has 2 aromatic heterocycles. The molecule has 0 unspecified atom stereocenters. The van der Waals surface area contributed by atoms with Gasteiger partial charge in [-0.25, -0.2) is 4.68 Å². The van der Waals surface area contributed by atoms with Gasteiger partial charge in [-0.1, -0.05) is 11.8 Å². The molecule has 1 N–H and O–H groups in total. The molecule has 15 heavy (non-hydrogen) atoms. The second-order valence-electron chi connectivity index (χ2n) is 3.40. The van der Waals surface area contributed by atoms with Crippen LogP contribution >= 0.6 is 11.8 Å². The number of hydrogen-bond acceptors (Lipinski definition) is 5. The molecular formula is C8H12N6S. The van der Waals surface area contributed by atoms with Gasteiger partial charge in [0.05, 0.1) is 12.2 Å². The maximum atomic E-state index is 3.97. The normalized spacial score (nSPS) is 11.1. The van der Waals surface area contributed by atoms with Crippen LogP contribution < -0.4 is 0 Å². The van der Waals surface area contributed by atoms with E-state index in [1.54, 1.807) is 18.0 Å². The summed E-state index contributed by atoms with van der Waals surface area (Å²) in [6.07, 6.45) is 3.67. The molecule has 2 rings (SSSR count). The quantitative estimate of drug-likeness (QED) is 0.792. The maximum absolute atomic E-state index is 3.97. The Labute approximate surface area is 91.5 Å². The van der Waals surface area contributed by atoms with Crippen molar-refractivity contribution in [3.63, 3.8) is 0 Å². The molecule has 80 valence electrons. The Morgan fingerprint density at radius 1 is 1.53 bits per heavy atom. The van der Waals surface area contributed by atoms with Crippen molar-refractivity contribution >= 4 is 11.8 Å². The van der Waals surface area contributed by atoms with Gasteiger partial charge in [-0.2, -0.15) is 5.10 Å². The molecule has 2 heterocycles. The third kappa shape index (κ3) is 2.35. The summed E-state index contributed by atoms with van der Waals surface area (Å²) >= 11 is 1.61. The van der Waals surface area contributed by atoms with E-state index in [4.69, 9.17) is 0 Å². The molecule has 0 bridgehead atoms. The number of hydrogen-bond donors (Lipinski definition) is 1. The first-order valence-electron chi connectivity index (χ1n) is 4.65. The van der Waals surface area contributed by atoms with Crippen molar-refractivity contribution in [3.05, 3.63) is 18.0 Å². The minimum atomic E-state index is 0.284. The highest BCUT2D eigenvalue weighted by atomic mass is 32.2. The van der Waals surface area contributed by atoms with Crippen molar-refractivity contribution in [1.29, 1.82) is 0 Å². The first kappa shape index (κ1) is 10.2. The van der Waals surface area contributed by atoms with Crippen molar-refractivity contribution in [2.75, 3.05) is 0 Å². The Morgan fingerprint density at radius 2 is 2.40 bits per heavy atom. The number of thioether (sulfide) groups is 1. The standard InChI is InChI=1S/C8H12N6S/c1-6(2)14-8(11-12-13-14)15-5-7-3-9-10-4-7/h3-4,6H,5H2,1-2H3,(H,9,10). The van der Waals surface area contributed by atoms with Gasteiger partial charge in [-0.15, -0.1) is 5.10 Å². The molecule has 0 aliphatic carbocycles. The molecule has 2 aromatic rings. The van der Waals surface area contributed by atoms with E-state index in [9.17, 15) is 0 Å². The van der Waals surface area contributed by atoms with Gasteiger partial charge >= 0.3 is 0 Å². The minimum absolute atomic E-state index is 0.284. The first-order valence-corrected chi connectivity index (χ1v) is 5.64. The first-order chi connectivity index (χ1) is 7.27. The molecule has 0 amide bonds. The summed E-state index contributed by atoms with van der Waals surface area (Å²) in [5.41, 5.74) is 1.14. The van der Waals surface area contributed by atoms with Gasteiger partial charge in [-0.3, -0.25) is 5.10 Å². The number of rotatable bonds is 4. The summed E-state index contributed by atoms with van der Waals surface area (Å²) in [6.45, 7) is 4.11. The van der Waals surface area contributed by atoms with Gasteiger partial charge in [0.2, 0.25) is 5.16 Å². The third-order valence-corrected chi connectivity index (χ3v) is 2.88. The predicted molar refractivity (Wildman–Crippen MR) is 56.4 cm³/mol. The Kier molecular flexibility index (Phi) is 3.00. The van der Waals surface area contributed by atoms with E-state index in [1.165, 1.54) is 0 Å². The predicted octanol–water partition coefficient (Wildman–Crippen LogP) is 1.27. The lowest BCUT2D eigenvalue weighted by Crippen LogP contribution is -2.04. The average Bonchev–Trinajstić information content (AvgIpc) is 2.86. The van der Waals surface area contributed by atoms with Crippen LogP contribution in [0.4, 0.5) is 0 Å². The van der Waals surface area contributed by atoms with Gasteiger partial charge in [0.25, 0.3) is 0 Å². The molecular weight excluding hydrogens is 212 g/mol. The molecule has 0 saturated heterocycles. The Bertz CT molecular complexity index is 406. The molecule has 0 saturated carbocycles. The van der Waals surface area contributed by atoms with E-state index < -0.39 is 0 Å². The Balaban J connectivity index is 2.02. The summed E-state index contributed by atoms with van der Waals surface area (Å²) in [4.78, 5) is 0. The number of tetrazole rings is 1. The summed E-state index contributed by atoms with van der Waals surface area (Å²) in [5, 5.41) is 19.1. The fourth-order valence-electron chi connectivity index (χ4n) is 1.11. The van der Waals surface area contributed by atoms with Gasteiger partial charge in [0.1, 0.15) is 0 Å². The lowest BCUT2D eigenvalue weighted by atomic mass is 10.4.